The number of carbonyl (C=O) groups is 6. The van der Waals surface area contributed by atoms with Gasteiger partial charge < -0.3 is 48.4 Å². The van der Waals surface area contributed by atoms with E-state index in [1.165, 1.54) is 19.0 Å². The highest BCUT2D eigenvalue weighted by molar-refractivity contribution is 6.37. The zero-order valence-corrected chi connectivity index (χ0v) is 65.5. The van der Waals surface area contributed by atoms with Gasteiger partial charge in [0.25, 0.3) is 0 Å². The molecule has 9 aliphatic rings. The van der Waals surface area contributed by atoms with Crippen LogP contribution >= 0.6 is 34.8 Å². The Morgan fingerprint density at radius 2 is 0.860 bits per heavy atom. The van der Waals surface area contributed by atoms with Crippen molar-refractivity contribution in [2.24, 2.45) is 5.84 Å². The maximum Gasteiger partial charge on any atom is 0.410 e. The molecular weight excluding hydrogens is 1440 g/mol. The summed E-state index contributed by atoms with van der Waals surface area (Å²) in [5, 5.41) is 20.1. The van der Waals surface area contributed by atoms with Gasteiger partial charge in [0.2, 0.25) is 5.88 Å². The molecule has 16 rings (SSSR count). The van der Waals surface area contributed by atoms with E-state index in [-0.39, 0.29) is 100 Å². The molecule has 33 heteroatoms. The first-order valence-electron chi connectivity index (χ1n) is 36.3. The number of aromatic hydroxyl groups is 1. The minimum absolute atomic E-state index is 0.0787. The average Bonchev–Trinajstić information content (AvgIpc) is 1.70. The number of hydrogen-bond donors (Lipinski definition) is 3. The summed E-state index contributed by atoms with van der Waals surface area (Å²) in [5.74, 6) is 7.15. The largest absolute Gasteiger partial charge is 0.506 e. The highest BCUT2D eigenvalue weighted by Gasteiger charge is 2.51. The average molecular weight is 1540 g/mol. The minimum Gasteiger partial charge on any atom is -0.506 e. The van der Waals surface area contributed by atoms with Gasteiger partial charge in [0, 0.05) is 79.6 Å². The number of aryl methyl sites for hydroxylation is 2. The number of hydrogen-bond acceptors (Lipinski definition) is 24. The first-order valence-corrected chi connectivity index (χ1v) is 37.5. The van der Waals surface area contributed by atoms with Crippen LogP contribution in [0.15, 0.2) is 68.0 Å². The van der Waals surface area contributed by atoms with E-state index < -0.39 is 22.4 Å². The molecule has 9 fully saturated rings. The van der Waals surface area contributed by atoms with Gasteiger partial charge in [0.1, 0.15) is 73.8 Å². The van der Waals surface area contributed by atoms with Crippen molar-refractivity contribution in [1.82, 2.24) is 84.5 Å². The van der Waals surface area contributed by atoms with Gasteiger partial charge in [-0.25, -0.2) is 58.4 Å². The number of rotatable bonds is 6. The number of pyridine rings is 2. The summed E-state index contributed by atoms with van der Waals surface area (Å²) >= 11 is 17.1. The second kappa shape index (κ2) is 33.8. The number of ketones is 1. The number of carbonyl (C=O) groups excluding carboxylic acids is 6. The lowest BCUT2D eigenvalue weighted by Gasteiger charge is -2.51. The Labute approximate surface area is 637 Å². The number of hydrazine groups is 1. The molecule has 4 N–H and O–H groups in total. The van der Waals surface area contributed by atoms with Crippen molar-refractivity contribution in [2.45, 2.75) is 282 Å². The molecular formula is C74H99Cl3N18O12. The van der Waals surface area contributed by atoms with E-state index in [1.54, 1.807) is 48.7 Å². The molecule has 1 aliphatic carbocycles. The second-order valence-corrected chi connectivity index (χ2v) is 33.1. The van der Waals surface area contributed by atoms with Crippen LogP contribution in [0.3, 0.4) is 0 Å². The van der Waals surface area contributed by atoms with Crippen molar-refractivity contribution >= 4 is 93.3 Å². The topological polar surface area (TPSA) is 359 Å². The molecule has 578 valence electrons. The molecule has 8 saturated heterocycles. The predicted molar refractivity (Wildman–Crippen MR) is 399 cm³/mol. The van der Waals surface area contributed by atoms with E-state index >= 15 is 0 Å². The number of Topliss-reactive ketones (excluding diaryl/α,β-unsaturated/α-hetero) is 1. The van der Waals surface area contributed by atoms with E-state index in [4.69, 9.17) is 69.4 Å². The van der Waals surface area contributed by atoms with Crippen molar-refractivity contribution in [3.63, 3.8) is 0 Å². The molecule has 8 aliphatic heterocycles. The number of nitrogens with zero attached hydrogens (tertiary/aromatic N) is 16. The van der Waals surface area contributed by atoms with E-state index in [1.807, 2.05) is 126 Å². The number of amides is 4. The lowest BCUT2D eigenvalue weighted by Crippen LogP contribution is -2.63. The highest BCUT2D eigenvalue weighted by Crippen LogP contribution is 2.45. The lowest BCUT2D eigenvalue weighted by molar-refractivity contribution is -0.132. The Morgan fingerprint density at radius 1 is 0.495 bits per heavy atom. The van der Waals surface area contributed by atoms with Crippen molar-refractivity contribution in [3.05, 3.63) is 100 Å². The highest BCUT2D eigenvalue weighted by atomic mass is 35.5. The third-order valence-electron chi connectivity index (χ3n) is 19.5. The normalized spacial score (nSPS) is 23.9. The molecule has 8 atom stereocenters. The van der Waals surface area contributed by atoms with Gasteiger partial charge in [0.05, 0.1) is 46.8 Å². The van der Waals surface area contributed by atoms with E-state index in [2.05, 4.69) is 55.5 Å². The van der Waals surface area contributed by atoms with Crippen LogP contribution < -0.4 is 16.0 Å². The van der Waals surface area contributed by atoms with Gasteiger partial charge in [-0.15, -0.1) is 0 Å². The number of aldehydes is 1. The summed E-state index contributed by atoms with van der Waals surface area (Å²) < 4.78 is 32.0. The van der Waals surface area contributed by atoms with Crippen molar-refractivity contribution in [3.8, 4) is 17.4 Å². The summed E-state index contributed by atoms with van der Waals surface area (Å²) in [6, 6.07) is 9.20. The quantitative estimate of drug-likeness (QED) is 0.0458. The Hall–Kier alpha value is -8.71. The Balaban J connectivity index is 0.000000145. The fourth-order valence-electron chi connectivity index (χ4n) is 15.0. The third-order valence-corrected chi connectivity index (χ3v) is 20.4. The van der Waals surface area contributed by atoms with Crippen molar-refractivity contribution in [1.29, 1.82) is 0 Å². The summed E-state index contributed by atoms with van der Waals surface area (Å²) in [6.45, 7) is 26.3. The molecule has 0 aromatic carbocycles. The van der Waals surface area contributed by atoms with E-state index in [0.717, 1.165) is 111 Å². The van der Waals surface area contributed by atoms with Crippen LogP contribution in [-0.4, -0.2) is 197 Å². The number of piperidine rings is 4. The molecule has 15 heterocycles. The molecule has 30 nitrogen and oxygen atoms in total. The molecule has 107 heavy (non-hydrogen) atoms. The lowest BCUT2D eigenvalue weighted by atomic mass is 9.79. The SMILES string of the molecule is CC(C)(C)OC(=O)N1C2CC(=O)CC1C2.CC(C)(C)OC(=O)N1[C@H]2CC[C@H]1CC(NN)C2.CC(C)(C)OC(=O)N1[C@H]2CC[C@H]1CC(n1ncc3c(Cl)ncnc31)C2.Cc1ncccc1O.Cc1ncccc1Oc1ncnc2c1cnn2C1C[C@@H]2CC[C@@H](C1)N2C(=O)OC(C)(C)C.O=Cc1c(Cl)ncnc1Cl. The fraction of sp³-hybridized carbons (Fsp3) is 0.595. The number of nitrogens with one attached hydrogen (secondary N) is 1. The summed E-state index contributed by atoms with van der Waals surface area (Å²) in [4.78, 5) is 111. The second-order valence-electron chi connectivity index (χ2n) is 32.1. The molecule has 2 unspecified atom stereocenters. The third kappa shape index (κ3) is 20.4. The molecule has 7 aromatic rings. The number of ether oxygens (including phenoxy) is 5. The van der Waals surface area contributed by atoms with Crippen LogP contribution in [0, 0.1) is 13.8 Å². The van der Waals surface area contributed by atoms with Gasteiger partial charge in [0.15, 0.2) is 23.3 Å². The van der Waals surface area contributed by atoms with E-state index in [9.17, 15) is 28.8 Å². The smallest absolute Gasteiger partial charge is 0.410 e. The maximum absolute atomic E-state index is 12.8. The van der Waals surface area contributed by atoms with Crippen LogP contribution in [-0.2, 0) is 23.7 Å². The number of fused-ring (bicyclic) bond motifs is 10. The van der Waals surface area contributed by atoms with Gasteiger partial charge >= 0.3 is 24.4 Å². The summed E-state index contributed by atoms with van der Waals surface area (Å²) in [7, 11) is 0. The predicted octanol–water partition coefficient (Wildman–Crippen LogP) is 13.8. The minimum atomic E-state index is -0.495. The molecule has 0 spiro atoms. The molecule has 1 saturated carbocycles. The zero-order valence-electron chi connectivity index (χ0n) is 63.2. The molecule has 0 radical (unpaired) electrons. The van der Waals surface area contributed by atoms with Crippen LogP contribution in [0.25, 0.3) is 22.1 Å². The van der Waals surface area contributed by atoms with Gasteiger partial charge in [-0.2, -0.15) is 10.2 Å². The van der Waals surface area contributed by atoms with Gasteiger partial charge in [-0.1, -0.05) is 34.8 Å². The number of nitrogens with two attached hydrogens (primary N) is 1. The van der Waals surface area contributed by atoms with Crippen molar-refractivity contribution < 1.29 is 57.6 Å². The monoisotopic (exact) mass is 1540 g/mol. The number of halogens is 3. The molecule has 4 amide bonds. The fourth-order valence-corrected chi connectivity index (χ4v) is 15.6. The van der Waals surface area contributed by atoms with Crippen molar-refractivity contribution in [2.75, 3.05) is 0 Å². The first-order chi connectivity index (χ1) is 50.5. The van der Waals surface area contributed by atoms with Gasteiger partial charge in [-0.3, -0.25) is 30.8 Å². The van der Waals surface area contributed by atoms with Gasteiger partial charge in [-0.05, 0) is 205 Å². The first kappa shape index (κ1) is 80.8. The Morgan fingerprint density at radius 3 is 1.24 bits per heavy atom. The standard InChI is InChI=1S/C23H28N6O3.C17H22ClN5O2.C12H23N3O2.C11H17NO3.C6H7NO.C5H2Cl2N2O/c1-14-19(6-5-9-24-14)31-21-18-12-27-29(20(18)25-13-26-21)17-10-15-7-8-16(11-17)28(15)22(30)32-23(2,3)4;1-17(2,3)25-16(24)22-10-4-5-11(22)7-12(6-10)23-15-13(8-21-23)14(18)19-9-20-15;1-12(2,3)17-11(16)15-9-4-5-10(15)7-8(6-9)14-13;1-11(2,3)15-10(14)12-7-4-8(12)6-9(13)5-7;1-5-6(8)3-2-4-7-5;6-4-3(1-10)5(7)9-2-8-4/h5-6,9,12-13,15-17H,7-8,10-11H2,1-4H3;8-12H,4-7H2,1-3H3;8-10,14H,4-7,13H2,1-3H3;7-8H,4-6H2,1-3H3;2-4,8H,1H3;1-2H/t15-,16-;10-,11-;9-,10-;;;/m000.../s1. The Bertz CT molecular complexity index is 4210. The molecule has 7 aromatic heterocycles. The zero-order chi connectivity index (χ0) is 77.6. The van der Waals surface area contributed by atoms with Crippen LogP contribution in [0.5, 0.6) is 17.4 Å². The Kier molecular flexibility index (Phi) is 25.6. The summed E-state index contributed by atoms with van der Waals surface area (Å²) in [5.41, 5.74) is 4.09. The van der Waals surface area contributed by atoms with Crippen LogP contribution in [0.4, 0.5) is 19.2 Å². The van der Waals surface area contributed by atoms with Crippen LogP contribution in [0.1, 0.15) is 213 Å². The maximum atomic E-state index is 12.8. The number of aromatic nitrogens is 12. The van der Waals surface area contributed by atoms with Crippen LogP contribution in [0.2, 0.25) is 15.5 Å². The summed E-state index contributed by atoms with van der Waals surface area (Å²) in [6.07, 6.45) is 24.1. The van der Waals surface area contributed by atoms with E-state index in [0.29, 0.717) is 59.7 Å². The molecule has 8 bridgehead atoms.